The Morgan fingerprint density at radius 1 is 1.17 bits per heavy atom. The lowest BCUT2D eigenvalue weighted by molar-refractivity contribution is 0.687. The Morgan fingerprint density at radius 2 is 2.00 bits per heavy atom. The van der Waals surface area contributed by atoms with Gasteiger partial charge in [0, 0.05) is 22.3 Å². The first-order valence-corrected chi connectivity index (χ1v) is 7.44. The Hall–Kier alpha value is -1.12. The van der Waals surface area contributed by atoms with Crippen molar-refractivity contribution in [2.45, 2.75) is 39.3 Å². The van der Waals surface area contributed by atoms with Crippen LogP contribution in [0.1, 0.15) is 28.8 Å². The molecule has 0 bridgehead atoms. The fourth-order valence-electron chi connectivity index (χ4n) is 2.24. The first kappa shape index (κ1) is 11.9. The molecule has 1 aromatic heterocycles. The number of hydrogen-bond donors (Lipinski definition) is 1. The van der Waals surface area contributed by atoms with Gasteiger partial charge in [0.15, 0.2) is 0 Å². The summed E-state index contributed by atoms with van der Waals surface area (Å²) >= 11 is 1.87. The van der Waals surface area contributed by atoms with Crippen molar-refractivity contribution in [3.8, 4) is 10.4 Å². The van der Waals surface area contributed by atoms with E-state index in [1.54, 1.807) is 0 Å². The van der Waals surface area contributed by atoms with Crippen LogP contribution in [0.15, 0.2) is 30.3 Å². The largest absolute Gasteiger partial charge is 0.310 e. The Bertz CT molecular complexity index is 552. The average molecular weight is 257 g/mol. The lowest BCUT2D eigenvalue weighted by atomic mass is 10.0. The summed E-state index contributed by atoms with van der Waals surface area (Å²) in [6.07, 6.45) is 2.71. The number of nitrogens with one attached hydrogen (secondary N) is 1. The Labute approximate surface area is 113 Å². The molecule has 1 N–H and O–H groups in total. The van der Waals surface area contributed by atoms with E-state index >= 15 is 0 Å². The van der Waals surface area contributed by atoms with Crippen LogP contribution in [0.5, 0.6) is 0 Å². The molecular weight excluding hydrogens is 238 g/mol. The van der Waals surface area contributed by atoms with Gasteiger partial charge in [-0.15, -0.1) is 11.3 Å². The zero-order chi connectivity index (χ0) is 12.5. The van der Waals surface area contributed by atoms with Crippen molar-refractivity contribution in [1.82, 2.24) is 5.32 Å². The quantitative estimate of drug-likeness (QED) is 0.862. The third kappa shape index (κ3) is 2.65. The van der Waals surface area contributed by atoms with Crippen LogP contribution >= 0.6 is 11.3 Å². The maximum atomic E-state index is 3.57. The average Bonchev–Trinajstić information content (AvgIpc) is 3.09. The highest BCUT2D eigenvalue weighted by molar-refractivity contribution is 7.15. The van der Waals surface area contributed by atoms with E-state index in [0.717, 1.165) is 12.6 Å². The number of aryl methyl sites for hydroxylation is 2. The Kier molecular flexibility index (Phi) is 3.23. The van der Waals surface area contributed by atoms with E-state index < -0.39 is 0 Å². The maximum Gasteiger partial charge on any atom is 0.0348 e. The molecule has 0 spiro atoms. The van der Waals surface area contributed by atoms with E-state index in [1.165, 1.54) is 39.3 Å². The fourth-order valence-corrected chi connectivity index (χ4v) is 3.20. The first-order valence-electron chi connectivity index (χ1n) is 6.62. The van der Waals surface area contributed by atoms with Crippen molar-refractivity contribution < 1.29 is 0 Å². The smallest absolute Gasteiger partial charge is 0.0348 e. The minimum absolute atomic E-state index is 0.782. The van der Waals surface area contributed by atoms with E-state index in [4.69, 9.17) is 0 Å². The summed E-state index contributed by atoms with van der Waals surface area (Å²) in [7, 11) is 0. The molecule has 18 heavy (non-hydrogen) atoms. The third-order valence-corrected chi connectivity index (χ3v) is 4.50. The van der Waals surface area contributed by atoms with Gasteiger partial charge < -0.3 is 5.32 Å². The fraction of sp³-hybridized carbons (Fsp3) is 0.375. The monoisotopic (exact) mass is 257 g/mol. The van der Waals surface area contributed by atoms with Crippen molar-refractivity contribution in [3.05, 3.63) is 46.3 Å². The van der Waals surface area contributed by atoms with E-state index in [2.05, 4.69) is 49.5 Å². The van der Waals surface area contributed by atoms with Gasteiger partial charge in [-0.1, -0.05) is 18.2 Å². The van der Waals surface area contributed by atoms with Crippen LogP contribution in [0.25, 0.3) is 10.4 Å². The summed E-state index contributed by atoms with van der Waals surface area (Å²) < 4.78 is 0. The van der Waals surface area contributed by atoms with Gasteiger partial charge in [-0.2, -0.15) is 0 Å². The van der Waals surface area contributed by atoms with Gasteiger partial charge in [-0.05, 0) is 55.5 Å². The number of benzene rings is 1. The molecule has 0 amide bonds. The molecule has 1 nitrogen and oxygen atoms in total. The lowest BCUT2D eigenvalue weighted by Gasteiger charge is -2.08. The van der Waals surface area contributed by atoms with Crippen LogP contribution < -0.4 is 5.32 Å². The van der Waals surface area contributed by atoms with E-state index in [-0.39, 0.29) is 0 Å². The van der Waals surface area contributed by atoms with Gasteiger partial charge in [-0.25, -0.2) is 0 Å². The summed E-state index contributed by atoms with van der Waals surface area (Å²) in [4.78, 5) is 2.76. The van der Waals surface area contributed by atoms with Crippen molar-refractivity contribution in [2.75, 3.05) is 0 Å². The van der Waals surface area contributed by atoms with Gasteiger partial charge >= 0.3 is 0 Å². The van der Waals surface area contributed by atoms with Crippen LogP contribution in [0.2, 0.25) is 0 Å². The molecule has 1 saturated carbocycles. The van der Waals surface area contributed by atoms with Crippen LogP contribution in [0.3, 0.4) is 0 Å². The molecule has 3 rings (SSSR count). The highest BCUT2D eigenvalue weighted by Gasteiger charge is 2.19. The van der Waals surface area contributed by atoms with Gasteiger partial charge in [0.25, 0.3) is 0 Å². The molecule has 0 aliphatic heterocycles. The molecule has 94 valence electrons. The van der Waals surface area contributed by atoms with Crippen LogP contribution in [-0.2, 0) is 6.54 Å². The number of rotatable bonds is 4. The molecule has 0 atom stereocenters. The van der Waals surface area contributed by atoms with E-state index in [9.17, 15) is 0 Å². The van der Waals surface area contributed by atoms with Crippen LogP contribution in [0, 0.1) is 13.8 Å². The molecule has 0 radical (unpaired) electrons. The molecule has 1 aliphatic rings. The maximum absolute atomic E-state index is 3.57. The summed E-state index contributed by atoms with van der Waals surface area (Å²) in [6.45, 7) is 5.39. The summed E-state index contributed by atoms with van der Waals surface area (Å²) in [6, 6.07) is 12.0. The predicted molar refractivity (Wildman–Crippen MR) is 79.1 cm³/mol. The van der Waals surface area contributed by atoms with Crippen molar-refractivity contribution in [1.29, 1.82) is 0 Å². The Morgan fingerprint density at radius 3 is 2.61 bits per heavy atom. The highest BCUT2D eigenvalue weighted by atomic mass is 32.1. The topological polar surface area (TPSA) is 12.0 Å². The minimum Gasteiger partial charge on any atom is -0.310 e. The highest BCUT2D eigenvalue weighted by Crippen LogP contribution is 2.30. The molecule has 1 aliphatic carbocycles. The summed E-state index contributed by atoms with van der Waals surface area (Å²) in [5.74, 6) is 0. The molecule has 1 heterocycles. The lowest BCUT2D eigenvalue weighted by Crippen LogP contribution is -2.15. The van der Waals surface area contributed by atoms with Gasteiger partial charge in [0.05, 0.1) is 0 Å². The Balaban J connectivity index is 1.79. The normalized spacial score (nSPS) is 15.0. The second-order valence-corrected chi connectivity index (χ2v) is 6.50. The van der Waals surface area contributed by atoms with E-state index in [1.807, 2.05) is 11.3 Å². The van der Waals surface area contributed by atoms with Crippen LogP contribution in [0.4, 0.5) is 0 Å². The summed E-state index contributed by atoms with van der Waals surface area (Å²) in [5.41, 5.74) is 4.16. The van der Waals surface area contributed by atoms with Gasteiger partial charge in [0.2, 0.25) is 0 Å². The number of thiophene rings is 1. The van der Waals surface area contributed by atoms with Crippen molar-refractivity contribution >= 4 is 11.3 Å². The molecule has 1 fully saturated rings. The molecule has 0 saturated heterocycles. The molecular formula is C16H19NS. The second kappa shape index (κ2) is 4.87. The molecule has 0 unspecified atom stereocenters. The zero-order valence-electron chi connectivity index (χ0n) is 11.0. The molecule has 1 aromatic carbocycles. The van der Waals surface area contributed by atoms with Crippen molar-refractivity contribution in [3.63, 3.8) is 0 Å². The van der Waals surface area contributed by atoms with E-state index in [0.29, 0.717) is 0 Å². The third-order valence-electron chi connectivity index (χ3n) is 3.47. The predicted octanol–water partition coefficient (Wildman–Crippen LogP) is 4.28. The minimum atomic E-state index is 0.782. The van der Waals surface area contributed by atoms with Gasteiger partial charge in [0.1, 0.15) is 0 Å². The number of hydrogen-bond acceptors (Lipinski definition) is 2. The van der Waals surface area contributed by atoms with Gasteiger partial charge in [-0.3, -0.25) is 0 Å². The SMILES string of the molecule is Cc1ccc(-c2ccc(CNC3CC3)cc2C)s1. The molecule has 2 heteroatoms. The molecule has 2 aromatic rings. The summed E-state index contributed by atoms with van der Waals surface area (Å²) in [5, 5.41) is 3.57. The first-order chi connectivity index (χ1) is 8.72. The zero-order valence-corrected chi connectivity index (χ0v) is 11.8. The standard InChI is InChI=1S/C16H19NS/c1-11-9-13(10-17-14-5-6-14)4-7-15(11)16-8-3-12(2)18-16/h3-4,7-9,14,17H,5-6,10H2,1-2H3. The van der Waals surface area contributed by atoms with Crippen molar-refractivity contribution in [2.24, 2.45) is 0 Å². The second-order valence-electron chi connectivity index (χ2n) is 5.21. The van der Waals surface area contributed by atoms with Crippen LogP contribution in [-0.4, -0.2) is 6.04 Å².